The number of halogens is 1. The number of amides is 1. The standard InChI is InChI=1S/C13H11ClN2O2/c14-11-5-1-2-6-12(11)15-13(18)9-16-7-3-4-10(17)8-16/h1-8H,9H2,(H-,15,17,18)/p+1. The lowest BCUT2D eigenvalue weighted by molar-refractivity contribution is -0.684. The number of nitrogens with zero attached hydrogens (tertiary/aromatic N) is 1. The molecule has 18 heavy (non-hydrogen) atoms. The molecule has 4 nitrogen and oxygen atoms in total. The van der Waals surface area contributed by atoms with Gasteiger partial charge in [-0.15, -0.1) is 0 Å². The molecule has 5 heteroatoms. The van der Waals surface area contributed by atoms with E-state index in [0.29, 0.717) is 10.7 Å². The van der Waals surface area contributed by atoms with Gasteiger partial charge in [-0.05, 0) is 18.2 Å². The van der Waals surface area contributed by atoms with Crippen molar-refractivity contribution in [2.24, 2.45) is 0 Å². The Labute approximate surface area is 109 Å². The second-order valence-corrected chi connectivity index (χ2v) is 4.17. The molecular formula is C13H12ClN2O2+. The minimum absolute atomic E-state index is 0.111. The number of carbonyl (C=O) groups excluding carboxylic acids is 1. The Kier molecular flexibility index (Phi) is 3.79. The quantitative estimate of drug-likeness (QED) is 0.832. The molecule has 1 aromatic carbocycles. The third kappa shape index (κ3) is 3.21. The molecule has 0 aliphatic rings. The van der Waals surface area contributed by atoms with Gasteiger partial charge >= 0.3 is 0 Å². The van der Waals surface area contributed by atoms with Crippen LogP contribution in [0.15, 0.2) is 48.8 Å². The maximum atomic E-state index is 11.8. The predicted octanol–water partition coefficient (Wildman–Crippen LogP) is 1.97. The number of aromatic hydroxyl groups is 1. The molecular weight excluding hydrogens is 252 g/mol. The molecule has 0 saturated heterocycles. The first-order chi connectivity index (χ1) is 8.65. The highest BCUT2D eigenvalue weighted by Gasteiger charge is 2.11. The van der Waals surface area contributed by atoms with Gasteiger partial charge < -0.3 is 10.4 Å². The van der Waals surface area contributed by atoms with Crippen LogP contribution in [0.1, 0.15) is 0 Å². The number of hydrogen-bond donors (Lipinski definition) is 2. The van der Waals surface area contributed by atoms with E-state index in [1.165, 1.54) is 6.20 Å². The molecule has 1 aromatic heterocycles. The van der Waals surface area contributed by atoms with E-state index in [-0.39, 0.29) is 18.2 Å². The van der Waals surface area contributed by atoms with E-state index in [0.717, 1.165) is 0 Å². The van der Waals surface area contributed by atoms with Crippen LogP contribution in [0.4, 0.5) is 5.69 Å². The van der Waals surface area contributed by atoms with Crippen molar-refractivity contribution in [3.05, 3.63) is 53.8 Å². The summed E-state index contributed by atoms with van der Waals surface area (Å²) in [6.07, 6.45) is 3.18. The monoisotopic (exact) mass is 263 g/mol. The smallest absolute Gasteiger partial charge is 0.290 e. The van der Waals surface area contributed by atoms with Crippen LogP contribution in [0.5, 0.6) is 5.75 Å². The Morgan fingerprint density at radius 3 is 2.78 bits per heavy atom. The summed E-state index contributed by atoms with van der Waals surface area (Å²) in [4.78, 5) is 11.8. The first-order valence-corrected chi connectivity index (χ1v) is 5.75. The van der Waals surface area contributed by atoms with Crippen molar-refractivity contribution in [3.63, 3.8) is 0 Å². The number of hydrogen-bond acceptors (Lipinski definition) is 2. The van der Waals surface area contributed by atoms with Gasteiger partial charge in [0.15, 0.2) is 11.9 Å². The zero-order valence-corrected chi connectivity index (χ0v) is 10.3. The molecule has 0 saturated carbocycles. The van der Waals surface area contributed by atoms with Crippen molar-refractivity contribution in [1.82, 2.24) is 0 Å². The molecule has 2 rings (SSSR count). The van der Waals surface area contributed by atoms with Crippen LogP contribution in [0.2, 0.25) is 5.02 Å². The predicted molar refractivity (Wildman–Crippen MR) is 68.4 cm³/mol. The Hall–Kier alpha value is -2.07. The van der Waals surface area contributed by atoms with E-state index >= 15 is 0 Å². The zero-order valence-electron chi connectivity index (χ0n) is 9.51. The number of nitrogens with one attached hydrogen (secondary N) is 1. The fourth-order valence-corrected chi connectivity index (χ4v) is 1.71. The van der Waals surface area contributed by atoms with Crippen LogP contribution >= 0.6 is 11.6 Å². The summed E-state index contributed by atoms with van der Waals surface area (Å²) in [7, 11) is 0. The number of anilines is 1. The Bertz CT molecular complexity index is 572. The zero-order chi connectivity index (χ0) is 13.0. The highest BCUT2D eigenvalue weighted by Crippen LogP contribution is 2.20. The van der Waals surface area contributed by atoms with Crippen LogP contribution in [-0.4, -0.2) is 11.0 Å². The van der Waals surface area contributed by atoms with Crippen molar-refractivity contribution in [2.45, 2.75) is 6.54 Å². The van der Waals surface area contributed by atoms with Crippen molar-refractivity contribution in [1.29, 1.82) is 0 Å². The molecule has 0 atom stereocenters. The van der Waals surface area contributed by atoms with Crippen LogP contribution in [0.25, 0.3) is 0 Å². The molecule has 2 N–H and O–H groups in total. The van der Waals surface area contributed by atoms with Gasteiger partial charge in [-0.25, -0.2) is 0 Å². The minimum atomic E-state index is -0.210. The highest BCUT2D eigenvalue weighted by molar-refractivity contribution is 6.33. The SMILES string of the molecule is O=C(C[n+]1cccc(O)c1)Nc1ccccc1Cl. The Morgan fingerprint density at radius 1 is 1.28 bits per heavy atom. The van der Waals surface area contributed by atoms with Crippen LogP contribution in [0.3, 0.4) is 0 Å². The van der Waals surface area contributed by atoms with E-state index in [1.54, 1.807) is 47.2 Å². The normalized spacial score (nSPS) is 10.1. The van der Waals surface area contributed by atoms with Gasteiger partial charge in [-0.1, -0.05) is 23.7 Å². The first-order valence-electron chi connectivity index (χ1n) is 5.37. The summed E-state index contributed by atoms with van der Waals surface area (Å²) in [5.74, 6) is -0.0956. The number of rotatable bonds is 3. The third-order valence-corrected chi connectivity index (χ3v) is 2.65. The van der Waals surface area contributed by atoms with E-state index in [4.69, 9.17) is 11.6 Å². The summed E-state index contributed by atoms with van der Waals surface area (Å²) in [5.41, 5.74) is 0.574. The summed E-state index contributed by atoms with van der Waals surface area (Å²) in [6, 6.07) is 10.2. The van der Waals surface area contributed by atoms with Crippen molar-refractivity contribution in [3.8, 4) is 5.75 Å². The second kappa shape index (κ2) is 5.51. The molecule has 92 valence electrons. The first kappa shape index (κ1) is 12.4. The number of aromatic nitrogens is 1. The van der Waals surface area contributed by atoms with Gasteiger partial charge in [-0.3, -0.25) is 4.79 Å². The van der Waals surface area contributed by atoms with Gasteiger partial charge in [0.2, 0.25) is 12.7 Å². The van der Waals surface area contributed by atoms with E-state index in [9.17, 15) is 9.90 Å². The van der Waals surface area contributed by atoms with E-state index in [1.807, 2.05) is 0 Å². The minimum Gasteiger partial charge on any atom is -0.503 e. The summed E-state index contributed by atoms with van der Waals surface area (Å²) in [5, 5.41) is 12.5. The van der Waals surface area contributed by atoms with Crippen LogP contribution in [0, 0.1) is 0 Å². The fourth-order valence-electron chi connectivity index (χ4n) is 1.52. The summed E-state index contributed by atoms with van der Waals surface area (Å²) >= 11 is 5.94. The second-order valence-electron chi connectivity index (χ2n) is 3.76. The molecule has 0 fully saturated rings. The van der Waals surface area contributed by atoms with Gasteiger partial charge in [0.05, 0.1) is 10.7 Å². The molecule has 0 spiro atoms. The molecule has 0 aliphatic carbocycles. The van der Waals surface area contributed by atoms with E-state index < -0.39 is 0 Å². The fraction of sp³-hybridized carbons (Fsp3) is 0.0769. The van der Waals surface area contributed by atoms with Crippen molar-refractivity contribution in [2.75, 3.05) is 5.32 Å². The molecule has 0 unspecified atom stereocenters. The summed E-state index contributed by atoms with van der Waals surface area (Å²) < 4.78 is 1.58. The molecule has 2 aromatic rings. The molecule has 0 aliphatic heterocycles. The molecule has 1 heterocycles. The van der Waals surface area contributed by atoms with Crippen molar-refractivity contribution < 1.29 is 14.5 Å². The highest BCUT2D eigenvalue weighted by atomic mass is 35.5. The lowest BCUT2D eigenvalue weighted by atomic mass is 10.3. The molecule has 0 radical (unpaired) electrons. The van der Waals surface area contributed by atoms with Crippen LogP contribution in [-0.2, 0) is 11.3 Å². The lowest BCUT2D eigenvalue weighted by Crippen LogP contribution is -2.39. The van der Waals surface area contributed by atoms with Gasteiger partial charge in [0.25, 0.3) is 5.91 Å². The van der Waals surface area contributed by atoms with Gasteiger partial charge in [0, 0.05) is 6.07 Å². The van der Waals surface area contributed by atoms with Gasteiger partial charge in [0.1, 0.15) is 0 Å². The van der Waals surface area contributed by atoms with Crippen molar-refractivity contribution >= 4 is 23.2 Å². The topological polar surface area (TPSA) is 53.2 Å². The Morgan fingerprint density at radius 2 is 2.06 bits per heavy atom. The maximum absolute atomic E-state index is 11.8. The molecule has 1 amide bonds. The van der Waals surface area contributed by atoms with Crippen LogP contribution < -0.4 is 9.88 Å². The number of carbonyl (C=O) groups is 1. The lowest BCUT2D eigenvalue weighted by Gasteiger charge is -2.04. The number of para-hydroxylation sites is 1. The summed E-state index contributed by atoms with van der Waals surface area (Å²) in [6.45, 7) is 0.111. The average molecular weight is 264 g/mol. The largest absolute Gasteiger partial charge is 0.503 e. The average Bonchev–Trinajstić information content (AvgIpc) is 2.32. The Balaban J connectivity index is 2.03. The number of benzene rings is 1. The number of pyridine rings is 1. The van der Waals surface area contributed by atoms with E-state index in [2.05, 4.69) is 5.32 Å². The molecule has 0 bridgehead atoms. The maximum Gasteiger partial charge on any atom is 0.290 e. The van der Waals surface area contributed by atoms with Gasteiger partial charge in [-0.2, -0.15) is 4.57 Å². The third-order valence-electron chi connectivity index (χ3n) is 2.32.